The summed E-state index contributed by atoms with van der Waals surface area (Å²) >= 11 is 0. The van der Waals surface area contributed by atoms with Crippen LogP contribution in [0.3, 0.4) is 0 Å². The Kier molecular flexibility index (Phi) is 4.53. The molecule has 0 spiro atoms. The van der Waals surface area contributed by atoms with E-state index in [0.29, 0.717) is 19.5 Å². The summed E-state index contributed by atoms with van der Waals surface area (Å²) in [6.45, 7) is 1.33. The van der Waals surface area contributed by atoms with Crippen molar-refractivity contribution in [3.05, 3.63) is 29.3 Å². The standard InChI is InChI=1S/C20H25N3O4/c1-27-16-5-2-13-7-10-23(11-8-14(13)12-16)17(24)6-9-20(15-3-4-15)18(25)21-19(26)22-20/h2,5,12,15H,3-4,6-11H2,1H3,(H2,21,22,25,26)/t20-/m0/s1. The lowest BCUT2D eigenvalue weighted by atomic mass is 9.87. The third-order valence-electron chi connectivity index (χ3n) is 6.04. The van der Waals surface area contributed by atoms with Gasteiger partial charge < -0.3 is 15.0 Å². The van der Waals surface area contributed by atoms with Crippen LogP contribution >= 0.6 is 0 Å². The molecule has 4 amide bonds. The van der Waals surface area contributed by atoms with Crippen molar-refractivity contribution in [1.82, 2.24) is 15.5 Å². The lowest BCUT2D eigenvalue weighted by Crippen LogP contribution is -2.50. The highest BCUT2D eigenvalue weighted by atomic mass is 16.5. The molecule has 1 saturated heterocycles. The monoisotopic (exact) mass is 371 g/mol. The molecular weight excluding hydrogens is 346 g/mol. The topological polar surface area (TPSA) is 87.7 Å². The largest absolute Gasteiger partial charge is 0.497 e. The number of nitrogens with one attached hydrogen (secondary N) is 2. The number of methoxy groups -OCH3 is 1. The lowest BCUT2D eigenvalue weighted by molar-refractivity contribution is -0.132. The molecule has 7 heteroatoms. The van der Waals surface area contributed by atoms with Gasteiger partial charge >= 0.3 is 6.03 Å². The molecule has 0 aromatic heterocycles. The number of carbonyl (C=O) groups excluding carboxylic acids is 3. The summed E-state index contributed by atoms with van der Waals surface area (Å²) in [6, 6.07) is 5.63. The highest BCUT2D eigenvalue weighted by Crippen LogP contribution is 2.43. The van der Waals surface area contributed by atoms with Crippen molar-refractivity contribution in [2.75, 3.05) is 20.2 Å². The number of hydrogen-bond acceptors (Lipinski definition) is 4. The van der Waals surface area contributed by atoms with Gasteiger partial charge in [-0.15, -0.1) is 0 Å². The van der Waals surface area contributed by atoms with Gasteiger partial charge in [0.05, 0.1) is 7.11 Å². The second-order valence-electron chi connectivity index (χ2n) is 7.67. The van der Waals surface area contributed by atoms with Gasteiger partial charge in [-0.25, -0.2) is 4.79 Å². The molecule has 0 bridgehead atoms. The van der Waals surface area contributed by atoms with Gasteiger partial charge in [0, 0.05) is 19.5 Å². The molecule has 1 saturated carbocycles. The zero-order valence-electron chi connectivity index (χ0n) is 15.5. The smallest absolute Gasteiger partial charge is 0.322 e. The molecule has 2 N–H and O–H groups in total. The van der Waals surface area contributed by atoms with E-state index in [4.69, 9.17) is 4.74 Å². The summed E-state index contributed by atoms with van der Waals surface area (Å²) in [7, 11) is 1.65. The summed E-state index contributed by atoms with van der Waals surface area (Å²) in [5, 5.41) is 5.13. The van der Waals surface area contributed by atoms with E-state index in [-0.39, 0.29) is 24.2 Å². The summed E-state index contributed by atoms with van der Waals surface area (Å²) in [4.78, 5) is 38.6. The normalized spacial score (nSPS) is 24.7. The fraction of sp³-hybridized carbons (Fsp3) is 0.550. The molecule has 27 heavy (non-hydrogen) atoms. The Morgan fingerprint density at radius 1 is 1.22 bits per heavy atom. The third kappa shape index (κ3) is 3.38. The van der Waals surface area contributed by atoms with Crippen LogP contribution in [0.15, 0.2) is 18.2 Å². The Bertz CT molecular complexity index is 789. The van der Waals surface area contributed by atoms with Crippen molar-refractivity contribution < 1.29 is 19.1 Å². The average molecular weight is 371 g/mol. The molecule has 2 aliphatic heterocycles. The first-order valence-electron chi connectivity index (χ1n) is 9.59. The van der Waals surface area contributed by atoms with Crippen LogP contribution in [0.1, 0.15) is 36.8 Å². The molecule has 0 radical (unpaired) electrons. The van der Waals surface area contributed by atoms with Crippen LogP contribution in [-0.2, 0) is 22.4 Å². The molecule has 1 aromatic carbocycles. The SMILES string of the molecule is COc1ccc2c(c1)CCN(C(=O)CC[C@@]1(C3CC3)NC(=O)NC1=O)CC2. The van der Waals surface area contributed by atoms with E-state index in [1.165, 1.54) is 11.1 Å². The van der Waals surface area contributed by atoms with Crippen LogP contribution in [0.2, 0.25) is 0 Å². The molecule has 1 aliphatic carbocycles. The van der Waals surface area contributed by atoms with Crippen LogP contribution in [0.5, 0.6) is 5.75 Å². The summed E-state index contributed by atoms with van der Waals surface area (Å²) in [5.41, 5.74) is 1.58. The molecule has 1 aromatic rings. The van der Waals surface area contributed by atoms with Gasteiger partial charge in [-0.1, -0.05) is 6.07 Å². The molecule has 3 aliphatic rings. The van der Waals surface area contributed by atoms with E-state index in [1.54, 1.807) is 7.11 Å². The number of ether oxygens (including phenoxy) is 1. The van der Waals surface area contributed by atoms with Crippen LogP contribution in [0.4, 0.5) is 4.79 Å². The van der Waals surface area contributed by atoms with Gasteiger partial charge in [0.15, 0.2) is 0 Å². The summed E-state index contributed by atoms with van der Waals surface area (Å²) in [5.74, 6) is 0.752. The first-order chi connectivity index (χ1) is 13.0. The molecular formula is C20H25N3O4. The Morgan fingerprint density at radius 3 is 2.59 bits per heavy atom. The van der Waals surface area contributed by atoms with Crippen molar-refractivity contribution in [2.45, 2.75) is 44.1 Å². The molecule has 0 unspecified atom stereocenters. The van der Waals surface area contributed by atoms with Crippen LogP contribution in [0, 0.1) is 5.92 Å². The van der Waals surface area contributed by atoms with Crippen molar-refractivity contribution in [1.29, 1.82) is 0 Å². The van der Waals surface area contributed by atoms with E-state index in [2.05, 4.69) is 16.7 Å². The molecule has 1 atom stereocenters. The van der Waals surface area contributed by atoms with Crippen molar-refractivity contribution in [2.24, 2.45) is 5.92 Å². The number of rotatable bonds is 5. The van der Waals surface area contributed by atoms with Gasteiger partial charge in [0.1, 0.15) is 11.3 Å². The number of nitrogens with zero attached hydrogens (tertiary/aromatic N) is 1. The Labute approximate surface area is 158 Å². The number of hydrogen-bond donors (Lipinski definition) is 2. The molecule has 2 fully saturated rings. The third-order valence-corrected chi connectivity index (χ3v) is 6.04. The van der Waals surface area contributed by atoms with E-state index in [9.17, 15) is 14.4 Å². The zero-order valence-corrected chi connectivity index (χ0v) is 15.5. The highest BCUT2D eigenvalue weighted by molar-refractivity contribution is 6.07. The number of fused-ring (bicyclic) bond motifs is 1. The van der Waals surface area contributed by atoms with E-state index in [1.807, 2.05) is 17.0 Å². The summed E-state index contributed by atoms with van der Waals surface area (Å²) in [6.07, 6.45) is 4.08. The average Bonchev–Trinajstić information content (AvgIpc) is 3.48. The van der Waals surface area contributed by atoms with Gasteiger partial charge in [-0.05, 0) is 61.3 Å². The fourth-order valence-corrected chi connectivity index (χ4v) is 4.29. The van der Waals surface area contributed by atoms with Crippen LogP contribution < -0.4 is 15.4 Å². The van der Waals surface area contributed by atoms with Crippen LogP contribution in [-0.4, -0.2) is 48.5 Å². The molecule has 7 nitrogen and oxygen atoms in total. The number of benzene rings is 1. The number of urea groups is 1. The number of amides is 4. The highest BCUT2D eigenvalue weighted by Gasteiger charge is 2.55. The van der Waals surface area contributed by atoms with Crippen LogP contribution in [0.25, 0.3) is 0 Å². The summed E-state index contributed by atoms with van der Waals surface area (Å²) < 4.78 is 5.30. The quantitative estimate of drug-likeness (QED) is 0.766. The van der Waals surface area contributed by atoms with Gasteiger partial charge in [-0.2, -0.15) is 0 Å². The van der Waals surface area contributed by atoms with E-state index in [0.717, 1.165) is 31.4 Å². The van der Waals surface area contributed by atoms with Gasteiger partial charge in [0.2, 0.25) is 5.91 Å². The maximum Gasteiger partial charge on any atom is 0.322 e. The lowest BCUT2D eigenvalue weighted by Gasteiger charge is -2.27. The Morgan fingerprint density at radius 2 is 1.96 bits per heavy atom. The first-order valence-corrected chi connectivity index (χ1v) is 9.59. The van der Waals surface area contributed by atoms with Crippen molar-refractivity contribution in [3.63, 3.8) is 0 Å². The molecule has 2 heterocycles. The van der Waals surface area contributed by atoms with Crippen molar-refractivity contribution in [3.8, 4) is 5.75 Å². The first kappa shape index (κ1) is 17.8. The van der Waals surface area contributed by atoms with E-state index >= 15 is 0 Å². The minimum Gasteiger partial charge on any atom is -0.497 e. The Balaban J connectivity index is 1.39. The minimum atomic E-state index is -0.894. The number of imide groups is 1. The predicted octanol–water partition coefficient (Wildman–Crippen LogP) is 1.39. The van der Waals surface area contributed by atoms with Gasteiger partial charge in [-0.3, -0.25) is 14.9 Å². The maximum atomic E-state index is 12.8. The van der Waals surface area contributed by atoms with Gasteiger partial charge in [0.25, 0.3) is 5.91 Å². The number of carbonyl (C=O) groups is 3. The second kappa shape index (κ2) is 6.87. The fourth-order valence-electron chi connectivity index (χ4n) is 4.29. The predicted molar refractivity (Wildman–Crippen MR) is 98.3 cm³/mol. The van der Waals surface area contributed by atoms with E-state index < -0.39 is 11.6 Å². The second-order valence-corrected chi connectivity index (χ2v) is 7.67. The zero-order chi connectivity index (χ0) is 19.0. The van der Waals surface area contributed by atoms with Crippen molar-refractivity contribution >= 4 is 17.8 Å². The molecule has 4 rings (SSSR count). The Hall–Kier alpha value is -2.57. The minimum absolute atomic E-state index is 0.0451. The molecule has 144 valence electrons. The maximum absolute atomic E-state index is 12.8.